The van der Waals surface area contributed by atoms with Crippen LogP contribution < -0.4 is 14.8 Å². The van der Waals surface area contributed by atoms with Gasteiger partial charge >= 0.3 is 0 Å². The van der Waals surface area contributed by atoms with Gasteiger partial charge in [0.2, 0.25) is 0 Å². The highest BCUT2D eigenvalue weighted by molar-refractivity contribution is 5.47. The largest absolute Gasteiger partial charge is 0.493 e. The maximum atomic E-state index is 5.69. The molecule has 1 saturated heterocycles. The summed E-state index contributed by atoms with van der Waals surface area (Å²) in [6, 6.07) is 6.60. The molecule has 1 aromatic rings. The van der Waals surface area contributed by atoms with Gasteiger partial charge in [0.1, 0.15) is 6.26 Å². The summed E-state index contributed by atoms with van der Waals surface area (Å²) in [6.45, 7) is 3.01. The maximum absolute atomic E-state index is 5.69. The van der Waals surface area contributed by atoms with Gasteiger partial charge in [-0.3, -0.25) is 0 Å². The summed E-state index contributed by atoms with van der Waals surface area (Å²) >= 11 is 0. The van der Waals surface area contributed by atoms with Crippen molar-refractivity contribution in [1.82, 2.24) is 10.2 Å². The fourth-order valence-corrected chi connectivity index (χ4v) is 2.58. The van der Waals surface area contributed by atoms with Crippen LogP contribution in [0.15, 0.2) is 30.7 Å². The van der Waals surface area contributed by atoms with Crippen LogP contribution in [0.3, 0.4) is 0 Å². The van der Waals surface area contributed by atoms with Crippen molar-refractivity contribution >= 4 is 0 Å². The molecule has 0 amide bonds. The average molecular weight is 246 g/mol. The molecule has 4 heteroatoms. The molecule has 1 aromatic carbocycles. The lowest BCUT2D eigenvalue weighted by atomic mass is 10.1. The van der Waals surface area contributed by atoms with Crippen LogP contribution in [0.1, 0.15) is 12.0 Å². The fraction of sp³-hybridized carbons (Fsp3) is 0.429. The van der Waals surface area contributed by atoms with Crippen molar-refractivity contribution in [1.29, 1.82) is 0 Å². The van der Waals surface area contributed by atoms with Crippen molar-refractivity contribution in [2.75, 3.05) is 20.2 Å². The third-order valence-corrected chi connectivity index (χ3v) is 3.57. The molecule has 0 aliphatic carbocycles. The number of nitrogens with one attached hydrogen (secondary N) is 1. The summed E-state index contributed by atoms with van der Waals surface area (Å²) in [4.78, 5) is 2.34. The summed E-state index contributed by atoms with van der Waals surface area (Å²) in [5.41, 5.74) is 1.17. The number of rotatable bonds is 2. The van der Waals surface area contributed by atoms with Crippen molar-refractivity contribution in [2.45, 2.75) is 19.0 Å². The number of para-hydroxylation sites is 1. The van der Waals surface area contributed by atoms with Gasteiger partial charge in [-0.25, -0.2) is 0 Å². The van der Waals surface area contributed by atoms with E-state index in [4.69, 9.17) is 9.47 Å². The van der Waals surface area contributed by atoms with Crippen LogP contribution in [0.2, 0.25) is 0 Å². The van der Waals surface area contributed by atoms with Gasteiger partial charge in [0.15, 0.2) is 11.5 Å². The first-order valence-corrected chi connectivity index (χ1v) is 6.34. The predicted molar refractivity (Wildman–Crippen MR) is 69.6 cm³/mol. The van der Waals surface area contributed by atoms with Gasteiger partial charge < -0.3 is 19.7 Å². The highest BCUT2D eigenvalue weighted by atomic mass is 16.5. The van der Waals surface area contributed by atoms with Gasteiger partial charge in [0.05, 0.1) is 7.11 Å². The van der Waals surface area contributed by atoms with Crippen molar-refractivity contribution in [3.63, 3.8) is 0 Å². The minimum Gasteiger partial charge on any atom is -0.493 e. The van der Waals surface area contributed by atoms with Crippen LogP contribution in [0.25, 0.3) is 0 Å². The van der Waals surface area contributed by atoms with Crippen molar-refractivity contribution in [3.05, 3.63) is 36.2 Å². The molecule has 0 spiro atoms. The number of nitrogens with zero attached hydrogens (tertiary/aromatic N) is 1. The molecule has 0 aromatic heterocycles. The maximum Gasteiger partial charge on any atom is 0.173 e. The fourth-order valence-electron chi connectivity index (χ4n) is 2.58. The number of hydrogen-bond donors (Lipinski definition) is 1. The van der Waals surface area contributed by atoms with E-state index in [1.807, 2.05) is 18.3 Å². The number of hydrogen-bond acceptors (Lipinski definition) is 4. The molecule has 3 rings (SSSR count). The van der Waals surface area contributed by atoms with Crippen molar-refractivity contribution in [2.24, 2.45) is 0 Å². The van der Waals surface area contributed by atoms with E-state index in [9.17, 15) is 0 Å². The van der Waals surface area contributed by atoms with Crippen molar-refractivity contribution < 1.29 is 9.47 Å². The van der Waals surface area contributed by atoms with Gasteiger partial charge in [-0.1, -0.05) is 12.1 Å². The molecule has 2 heterocycles. The molecule has 0 radical (unpaired) electrons. The van der Waals surface area contributed by atoms with E-state index in [1.54, 1.807) is 13.4 Å². The van der Waals surface area contributed by atoms with E-state index in [0.717, 1.165) is 31.1 Å². The molecule has 2 aliphatic heterocycles. The van der Waals surface area contributed by atoms with Crippen LogP contribution in [-0.4, -0.2) is 31.1 Å². The van der Waals surface area contributed by atoms with E-state index >= 15 is 0 Å². The number of fused-ring (bicyclic) bond motifs is 1. The molecule has 4 nitrogen and oxygen atoms in total. The molecule has 2 aliphatic rings. The van der Waals surface area contributed by atoms with Crippen LogP contribution in [0.4, 0.5) is 0 Å². The Morgan fingerprint density at radius 2 is 2.39 bits per heavy atom. The minimum atomic E-state index is 0.557. The summed E-state index contributed by atoms with van der Waals surface area (Å²) in [5.74, 6) is 1.63. The van der Waals surface area contributed by atoms with Gasteiger partial charge in [-0.15, -0.1) is 0 Å². The van der Waals surface area contributed by atoms with E-state index in [-0.39, 0.29) is 0 Å². The van der Waals surface area contributed by atoms with Crippen LogP contribution in [-0.2, 0) is 6.54 Å². The smallest absolute Gasteiger partial charge is 0.173 e. The first-order chi connectivity index (χ1) is 8.88. The van der Waals surface area contributed by atoms with Gasteiger partial charge in [-0.2, -0.15) is 0 Å². The summed E-state index contributed by atoms with van der Waals surface area (Å²) in [7, 11) is 1.67. The first kappa shape index (κ1) is 11.4. The second kappa shape index (κ2) is 4.90. The summed E-state index contributed by atoms with van der Waals surface area (Å²) in [6.07, 6.45) is 4.98. The number of benzene rings is 1. The molecule has 0 saturated carbocycles. The molecule has 0 bridgehead atoms. The minimum absolute atomic E-state index is 0.557. The average Bonchev–Trinajstić information content (AvgIpc) is 2.84. The lowest BCUT2D eigenvalue weighted by molar-refractivity contribution is 0.285. The second-order valence-electron chi connectivity index (χ2n) is 4.67. The highest BCUT2D eigenvalue weighted by Gasteiger charge is 2.23. The Morgan fingerprint density at radius 1 is 1.44 bits per heavy atom. The molecular weight excluding hydrogens is 228 g/mol. The monoisotopic (exact) mass is 246 g/mol. The zero-order valence-corrected chi connectivity index (χ0v) is 10.6. The molecular formula is C14H18N2O2. The predicted octanol–water partition coefficient (Wildman–Crippen LogP) is 1.72. The highest BCUT2D eigenvalue weighted by Crippen LogP contribution is 2.34. The normalized spacial score (nSPS) is 22.3. The number of ether oxygens (including phenoxy) is 2. The molecule has 1 atom stereocenters. The van der Waals surface area contributed by atoms with Gasteiger partial charge in [0.25, 0.3) is 0 Å². The molecule has 18 heavy (non-hydrogen) atoms. The Hall–Kier alpha value is -1.68. The molecule has 1 fully saturated rings. The first-order valence-electron chi connectivity index (χ1n) is 6.34. The van der Waals surface area contributed by atoms with E-state index in [1.165, 1.54) is 12.0 Å². The van der Waals surface area contributed by atoms with E-state index < -0.39 is 0 Å². The van der Waals surface area contributed by atoms with Gasteiger partial charge in [-0.05, 0) is 19.0 Å². The topological polar surface area (TPSA) is 33.7 Å². The third kappa shape index (κ3) is 2.04. The second-order valence-corrected chi connectivity index (χ2v) is 4.67. The third-order valence-electron chi connectivity index (χ3n) is 3.57. The quantitative estimate of drug-likeness (QED) is 0.861. The van der Waals surface area contributed by atoms with E-state index in [2.05, 4.69) is 16.3 Å². The van der Waals surface area contributed by atoms with Crippen LogP contribution in [0, 0.1) is 0 Å². The number of methoxy groups -OCH3 is 1. The standard InChI is InChI=1S/C14H18N2O2/c1-17-13-4-2-3-11-10-16(7-8-18-14(11)13)12-5-6-15-9-12/h2-4,7-8,12,15H,5-6,9-10H2,1H3. The Balaban J connectivity index is 1.87. The van der Waals surface area contributed by atoms with Crippen molar-refractivity contribution in [3.8, 4) is 11.5 Å². The Bertz CT molecular complexity index is 453. The molecule has 96 valence electrons. The SMILES string of the molecule is COc1cccc2c1OC=CN(C1CCNC1)C2. The molecule has 1 N–H and O–H groups in total. The summed E-state index contributed by atoms with van der Waals surface area (Å²) in [5, 5.41) is 3.40. The Morgan fingerprint density at radius 3 is 3.17 bits per heavy atom. The van der Waals surface area contributed by atoms with Crippen LogP contribution >= 0.6 is 0 Å². The van der Waals surface area contributed by atoms with Gasteiger partial charge in [0, 0.05) is 30.9 Å². The summed E-state index contributed by atoms with van der Waals surface area (Å²) < 4.78 is 11.0. The van der Waals surface area contributed by atoms with Crippen LogP contribution in [0.5, 0.6) is 11.5 Å². The Kier molecular flexibility index (Phi) is 3.11. The lowest BCUT2D eigenvalue weighted by Gasteiger charge is -2.25. The zero-order chi connectivity index (χ0) is 12.4. The molecule has 1 unspecified atom stereocenters. The lowest BCUT2D eigenvalue weighted by Crippen LogP contribution is -2.31. The Labute approximate surface area is 107 Å². The zero-order valence-electron chi connectivity index (χ0n) is 10.6. The van der Waals surface area contributed by atoms with E-state index in [0.29, 0.717) is 6.04 Å².